The third kappa shape index (κ3) is 3.01. The van der Waals surface area contributed by atoms with Gasteiger partial charge in [0.25, 0.3) is 0 Å². The van der Waals surface area contributed by atoms with Crippen LogP contribution in [0.2, 0.25) is 0 Å². The van der Waals surface area contributed by atoms with Crippen LogP contribution in [0.25, 0.3) is 0 Å². The van der Waals surface area contributed by atoms with Crippen LogP contribution in [-0.2, 0) is 17.8 Å². The van der Waals surface area contributed by atoms with Gasteiger partial charge in [0, 0.05) is 13.0 Å². The Morgan fingerprint density at radius 3 is 3.11 bits per heavy atom. The van der Waals surface area contributed by atoms with Gasteiger partial charge in [0.05, 0.1) is 6.61 Å². The monoisotopic (exact) mass is 249 g/mol. The Bertz CT molecular complexity index is 431. The molecule has 0 saturated heterocycles. The molecule has 4 nitrogen and oxygen atoms in total. The average molecular weight is 249 g/mol. The third-order valence-electron chi connectivity index (χ3n) is 3.19. The average Bonchev–Trinajstić information content (AvgIpc) is 2.81. The molecule has 98 valence electrons. The summed E-state index contributed by atoms with van der Waals surface area (Å²) in [6.07, 6.45) is 2.48. The molecule has 1 aromatic carbocycles. The number of fused-ring (bicyclic) bond motifs is 1. The Labute approximate surface area is 107 Å². The summed E-state index contributed by atoms with van der Waals surface area (Å²) < 4.78 is 5.50. The molecule has 0 radical (unpaired) electrons. The molecule has 2 rings (SSSR count). The fourth-order valence-corrected chi connectivity index (χ4v) is 2.16. The Morgan fingerprint density at radius 2 is 2.39 bits per heavy atom. The molecule has 4 heteroatoms. The second kappa shape index (κ2) is 5.87. The van der Waals surface area contributed by atoms with E-state index in [4.69, 9.17) is 9.84 Å². The van der Waals surface area contributed by atoms with Gasteiger partial charge in [-0.25, -0.2) is 0 Å². The smallest absolute Gasteiger partial charge is 0.320 e. The maximum atomic E-state index is 11.0. The molecule has 0 saturated carbocycles. The predicted octanol–water partition coefficient (Wildman–Crippen LogP) is 1.96. The van der Waals surface area contributed by atoms with Gasteiger partial charge in [0.2, 0.25) is 0 Å². The zero-order valence-corrected chi connectivity index (χ0v) is 10.6. The second-order valence-electron chi connectivity index (χ2n) is 4.60. The summed E-state index contributed by atoms with van der Waals surface area (Å²) in [6.45, 7) is 3.30. The number of hydrogen-bond acceptors (Lipinski definition) is 3. The van der Waals surface area contributed by atoms with Gasteiger partial charge in [-0.1, -0.05) is 25.5 Å². The first kappa shape index (κ1) is 12.9. The van der Waals surface area contributed by atoms with Crippen LogP contribution < -0.4 is 10.1 Å². The van der Waals surface area contributed by atoms with Gasteiger partial charge in [-0.2, -0.15) is 0 Å². The Hall–Kier alpha value is -1.55. The van der Waals surface area contributed by atoms with Crippen molar-refractivity contribution < 1.29 is 14.6 Å². The van der Waals surface area contributed by atoms with Crippen LogP contribution in [0.15, 0.2) is 18.2 Å². The lowest BCUT2D eigenvalue weighted by molar-refractivity contribution is -0.139. The Balaban J connectivity index is 1.95. The molecule has 0 aliphatic carbocycles. The number of ether oxygens (including phenoxy) is 1. The number of aliphatic carboxylic acids is 1. The highest BCUT2D eigenvalue weighted by molar-refractivity contribution is 5.73. The lowest BCUT2D eigenvalue weighted by Crippen LogP contribution is -2.35. The molecule has 0 spiro atoms. The predicted molar refractivity (Wildman–Crippen MR) is 68.8 cm³/mol. The van der Waals surface area contributed by atoms with E-state index in [9.17, 15) is 4.79 Å². The SMILES string of the molecule is CCC[C@H](NCc1ccc2c(c1)OCC2)C(=O)O. The van der Waals surface area contributed by atoms with E-state index in [-0.39, 0.29) is 0 Å². The van der Waals surface area contributed by atoms with Crippen LogP contribution in [0.1, 0.15) is 30.9 Å². The molecule has 1 aromatic rings. The van der Waals surface area contributed by atoms with Crippen LogP contribution in [0.5, 0.6) is 5.75 Å². The molecular weight excluding hydrogens is 230 g/mol. The van der Waals surface area contributed by atoms with E-state index in [0.717, 1.165) is 30.8 Å². The summed E-state index contributed by atoms with van der Waals surface area (Å²) in [7, 11) is 0. The van der Waals surface area contributed by atoms with Gasteiger partial charge in [-0.05, 0) is 23.6 Å². The maximum Gasteiger partial charge on any atom is 0.320 e. The van der Waals surface area contributed by atoms with Crippen LogP contribution in [0, 0.1) is 0 Å². The standard InChI is InChI=1S/C14H19NO3/c1-2-3-12(14(16)17)15-9-10-4-5-11-6-7-18-13(11)8-10/h4-5,8,12,15H,2-3,6-7,9H2,1H3,(H,16,17)/t12-/m0/s1. The molecule has 0 aromatic heterocycles. The fraction of sp³-hybridized carbons (Fsp3) is 0.500. The van der Waals surface area contributed by atoms with Crippen molar-refractivity contribution in [1.82, 2.24) is 5.32 Å². The first-order valence-electron chi connectivity index (χ1n) is 6.41. The van der Waals surface area contributed by atoms with Crippen molar-refractivity contribution >= 4 is 5.97 Å². The van der Waals surface area contributed by atoms with Gasteiger partial charge in [0.15, 0.2) is 0 Å². The normalized spacial score (nSPS) is 14.9. The molecule has 1 aliphatic rings. The van der Waals surface area contributed by atoms with Gasteiger partial charge < -0.3 is 15.2 Å². The lowest BCUT2D eigenvalue weighted by Gasteiger charge is -2.13. The van der Waals surface area contributed by atoms with Gasteiger partial charge in [-0.15, -0.1) is 0 Å². The highest BCUT2D eigenvalue weighted by atomic mass is 16.5. The third-order valence-corrected chi connectivity index (χ3v) is 3.19. The maximum absolute atomic E-state index is 11.0. The summed E-state index contributed by atoms with van der Waals surface area (Å²) in [5.41, 5.74) is 2.31. The van der Waals surface area contributed by atoms with Crippen molar-refractivity contribution in [1.29, 1.82) is 0 Å². The summed E-state index contributed by atoms with van der Waals surface area (Å²) in [6, 6.07) is 5.63. The molecule has 2 N–H and O–H groups in total. The minimum atomic E-state index is -0.783. The van der Waals surface area contributed by atoms with E-state index in [1.165, 1.54) is 5.56 Å². The second-order valence-corrected chi connectivity index (χ2v) is 4.60. The van der Waals surface area contributed by atoms with E-state index < -0.39 is 12.0 Å². The Morgan fingerprint density at radius 1 is 1.56 bits per heavy atom. The van der Waals surface area contributed by atoms with Crippen molar-refractivity contribution in [3.63, 3.8) is 0 Å². The van der Waals surface area contributed by atoms with Crippen LogP contribution in [0.3, 0.4) is 0 Å². The van der Waals surface area contributed by atoms with Crippen molar-refractivity contribution in [3.8, 4) is 5.75 Å². The number of benzene rings is 1. The Kier molecular flexibility index (Phi) is 4.20. The van der Waals surface area contributed by atoms with E-state index in [0.29, 0.717) is 13.0 Å². The van der Waals surface area contributed by atoms with Crippen molar-refractivity contribution in [2.75, 3.05) is 6.61 Å². The number of hydrogen-bond donors (Lipinski definition) is 2. The summed E-state index contributed by atoms with van der Waals surface area (Å²) >= 11 is 0. The minimum Gasteiger partial charge on any atom is -0.493 e. The van der Waals surface area contributed by atoms with Crippen molar-refractivity contribution in [2.24, 2.45) is 0 Å². The summed E-state index contributed by atoms with van der Waals surface area (Å²) in [4.78, 5) is 11.0. The van der Waals surface area contributed by atoms with Crippen LogP contribution in [-0.4, -0.2) is 23.7 Å². The number of carbonyl (C=O) groups is 1. The number of carboxylic acid groups (broad SMARTS) is 1. The molecule has 1 aliphatic heterocycles. The largest absolute Gasteiger partial charge is 0.493 e. The number of carboxylic acids is 1. The van der Waals surface area contributed by atoms with Gasteiger partial charge in [-0.3, -0.25) is 4.79 Å². The first-order valence-corrected chi connectivity index (χ1v) is 6.41. The van der Waals surface area contributed by atoms with E-state index in [1.807, 2.05) is 19.1 Å². The van der Waals surface area contributed by atoms with E-state index in [2.05, 4.69) is 11.4 Å². The van der Waals surface area contributed by atoms with Crippen molar-refractivity contribution in [2.45, 2.75) is 38.8 Å². The number of rotatable bonds is 6. The first-order chi connectivity index (χ1) is 8.70. The molecule has 18 heavy (non-hydrogen) atoms. The summed E-state index contributed by atoms with van der Waals surface area (Å²) in [5, 5.41) is 12.1. The van der Waals surface area contributed by atoms with E-state index >= 15 is 0 Å². The summed E-state index contributed by atoms with van der Waals surface area (Å²) in [5.74, 6) is 0.158. The number of nitrogens with one attached hydrogen (secondary N) is 1. The van der Waals surface area contributed by atoms with E-state index in [1.54, 1.807) is 0 Å². The zero-order valence-electron chi connectivity index (χ0n) is 10.6. The molecule has 0 amide bonds. The van der Waals surface area contributed by atoms with Crippen LogP contribution >= 0.6 is 0 Å². The molecule has 1 heterocycles. The highest BCUT2D eigenvalue weighted by Gasteiger charge is 2.16. The van der Waals surface area contributed by atoms with Gasteiger partial charge >= 0.3 is 5.97 Å². The van der Waals surface area contributed by atoms with Gasteiger partial charge in [0.1, 0.15) is 11.8 Å². The fourth-order valence-electron chi connectivity index (χ4n) is 2.16. The molecule has 0 fully saturated rings. The molecular formula is C14H19NO3. The van der Waals surface area contributed by atoms with Crippen molar-refractivity contribution in [3.05, 3.63) is 29.3 Å². The van der Waals surface area contributed by atoms with Crippen LogP contribution in [0.4, 0.5) is 0 Å². The zero-order chi connectivity index (χ0) is 13.0. The molecule has 0 unspecified atom stereocenters. The molecule has 0 bridgehead atoms. The lowest BCUT2D eigenvalue weighted by atomic mass is 10.1. The molecule has 1 atom stereocenters. The quantitative estimate of drug-likeness (QED) is 0.809. The minimum absolute atomic E-state index is 0.468. The topological polar surface area (TPSA) is 58.6 Å². The highest BCUT2D eigenvalue weighted by Crippen LogP contribution is 2.26.